The summed E-state index contributed by atoms with van der Waals surface area (Å²) in [6.45, 7) is 5.22. The summed E-state index contributed by atoms with van der Waals surface area (Å²) in [7, 11) is 0. The summed E-state index contributed by atoms with van der Waals surface area (Å²) in [5, 5.41) is 11.2. The molecule has 8 nitrogen and oxygen atoms in total. The lowest BCUT2D eigenvalue weighted by atomic mass is 10.2. The van der Waals surface area contributed by atoms with Gasteiger partial charge in [-0.25, -0.2) is 9.59 Å². The molecule has 0 aliphatic carbocycles. The Labute approximate surface area is 134 Å². The van der Waals surface area contributed by atoms with Crippen LogP contribution in [0.4, 0.5) is 21.0 Å². The van der Waals surface area contributed by atoms with E-state index in [1.54, 1.807) is 45.0 Å². The van der Waals surface area contributed by atoms with E-state index >= 15 is 0 Å². The maximum atomic E-state index is 11.6. The van der Waals surface area contributed by atoms with Crippen LogP contribution in [-0.4, -0.2) is 35.3 Å². The maximum absolute atomic E-state index is 11.6. The van der Waals surface area contributed by atoms with Crippen LogP contribution in [0.2, 0.25) is 0 Å². The van der Waals surface area contributed by atoms with E-state index < -0.39 is 23.7 Å². The number of rotatable bonds is 5. The monoisotopic (exact) mass is 323 g/mol. The second kappa shape index (κ2) is 7.48. The van der Waals surface area contributed by atoms with Crippen molar-refractivity contribution in [3.05, 3.63) is 24.3 Å². The molecule has 1 rings (SSSR count). The first-order valence-corrected chi connectivity index (χ1v) is 6.97. The highest BCUT2D eigenvalue weighted by Crippen LogP contribution is 2.19. The van der Waals surface area contributed by atoms with E-state index in [1.807, 2.05) is 0 Å². The number of aliphatic carboxylic acids is 1. The largest absolute Gasteiger partial charge is 0.481 e. The number of nitrogens with zero attached hydrogens (tertiary/aromatic N) is 1. The molecule has 0 aromatic heterocycles. The van der Waals surface area contributed by atoms with Gasteiger partial charge in [0.25, 0.3) is 0 Å². The molecule has 0 atom stereocenters. The quantitative estimate of drug-likeness (QED) is 0.768. The van der Waals surface area contributed by atoms with Crippen LogP contribution in [0.3, 0.4) is 0 Å². The number of carboxylic acid groups (broad SMARTS) is 1. The van der Waals surface area contributed by atoms with Gasteiger partial charge in [-0.3, -0.25) is 15.0 Å². The Morgan fingerprint density at radius 2 is 1.78 bits per heavy atom. The van der Waals surface area contributed by atoms with Crippen molar-refractivity contribution < 1.29 is 24.2 Å². The van der Waals surface area contributed by atoms with Gasteiger partial charge in [-0.2, -0.15) is 0 Å². The third kappa shape index (κ3) is 6.68. The van der Waals surface area contributed by atoms with Gasteiger partial charge in [0.05, 0.1) is 6.42 Å². The van der Waals surface area contributed by atoms with Crippen LogP contribution in [0.5, 0.6) is 0 Å². The van der Waals surface area contributed by atoms with Crippen molar-refractivity contribution in [3.63, 3.8) is 0 Å². The summed E-state index contributed by atoms with van der Waals surface area (Å²) in [6, 6.07) is 5.49. The number of nitrogens with two attached hydrogens (primary N) is 1. The normalized spacial score (nSPS) is 10.7. The summed E-state index contributed by atoms with van der Waals surface area (Å²) >= 11 is 0. The fraction of sp³-hybridized carbons (Fsp3) is 0.400. The van der Waals surface area contributed by atoms with Crippen molar-refractivity contribution in [2.75, 3.05) is 16.8 Å². The number of hydrogen-bond donors (Lipinski definition) is 3. The molecule has 0 spiro atoms. The summed E-state index contributed by atoms with van der Waals surface area (Å²) in [5.74, 6) is -1.03. The van der Waals surface area contributed by atoms with Gasteiger partial charge in [-0.05, 0) is 45.0 Å². The molecule has 4 N–H and O–H groups in total. The van der Waals surface area contributed by atoms with Crippen LogP contribution in [0.15, 0.2) is 24.3 Å². The standard InChI is InChI=1S/C15H21N3O5/c1-15(2,3)23-14(22)17-10-4-6-11(7-5-10)18(13(16)21)9-8-12(19)20/h4-7H,8-9H2,1-3H3,(H2,16,21)(H,17,22)(H,19,20). The lowest BCUT2D eigenvalue weighted by Crippen LogP contribution is -2.37. The number of hydrogen-bond acceptors (Lipinski definition) is 4. The topological polar surface area (TPSA) is 122 Å². The molecule has 0 fully saturated rings. The molecule has 1 aromatic rings. The van der Waals surface area contributed by atoms with Gasteiger partial charge in [0.1, 0.15) is 5.60 Å². The number of carboxylic acids is 1. The number of nitrogens with one attached hydrogen (secondary N) is 1. The van der Waals surface area contributed by atoms with Gasteiger partial charge < -0.3 is 15.6 Å². The smallest absolute Gasteiger partial charge is 0.412 e. The second-order valence-corrected chi connectivity index (χ2v) is 5.81. The first kappa shape index (κ1) is 18.3. The molecule has 23 heavy (non-hydrogen) atoms. The Morgan fingerprint density at radius 3 is 2.22 bits per heavy atom. The van der Waals surface area contributed by atoms with E-state index in [0.717, 1.165) is 4.90 Å². The number of carbonyl (C=O) groups excluding carboxylic acids is 2. The Kier molecular flexibility index (Phi) is 5.94. The molecular formula is C15H21N3O5. The van der Waals surface area contributed by atoms with Crippen molar-refractivity contribution in [1.29, 1.82) is 0 Å². The lowest BCUT2D eigenvalue weighted by Gasteiger charge is -2.21. The highest BCUT2D eigenvalue weighted by atomic mass is 16.6. The number of anilines is 2. The van der Waals surface area contributed by atoms with Crippen LogP contribution in [-0.2, 0) is 9.53 Å². The third-order valence-electron chi connectivity index (χ3n) is 2.64. The molecule has 0 unspecified atom stereocenters. The molecule has 3 amide bonds. The minimum absolute atomic E-state index is 0.0382. The van der Waals surface area contributed by atoms with Crippen LogP contribution in [0.25, 0.3) is 0 Å². The summed E-state index contributed by atoms with van der Waals surface area (Å²) in [5.41, 5.74) is 5.56. The van der Waals surface area contributed by atoms with Gasteiger partial charge in [0.15, 0.2) is 0 Å². The van der Waals surface area contributed by atoms with Crippen LogP contribution >= 0.6 is 0 Å². The molecule has 0 radical (unpaired) electrons. The van der Waals surface area contributed by atoms with Crippen molar-refractivity contribution >= 4 is 29.5 Å². The number of ether oxygens (including phenoxy) is 1. The Hall–Kier alpha value is -2.77. The van der Waals surface area contributed by atoms with Gasteiger partial charge in [0.2, 0.25) is 0 Å². The molecule has 0 bridgehead atoms. The van der Waals surface area contributed by atoms with Crippen molar-refractivity contribution in [1.82, 2.24) is 0 Å². The molecule has 0 aliphatic rings. The fourth-order valence-electron chi connectivity index (χ4n) is 1.72. The van der Waals surface area contributed by atoms with E-state index in [0.29, 0.717) is 11.4 Å². The summed E-state index contributed by atoms with van der Waals surface area (Å²) in [4.78, 5) is 34.8. The number of primary amides is 1. The molecule has 0 saturated heterocycles. The Morgan fingerprint density at radius 1 is 1.22 bits per heavy atom. The highest BCUT2D eigenvalue weighted by molar-refractivity contribution is 5.92. The minimum atomic E-state index is -1.03. The van der Waals surface area contributed by atoms with E-state index in [1.165, 1.54) is 0 Å². The molecule has 8 heteroatoms. The SMILES string of the molecule is CC(C)(C)OC(=O)Nc1ccc(N(CCC(=O)O)C(N)=O)cc1. The molecule has 0 saturated carbocycles. The van der Waals surface area contributed by atoms with Crippen LogP contribution in [0.1, 0.15) is 27.2 Å². The van der Waals surface area contributed by atoms with Gasteiger partial charge in [-0.1, -0.05) is 0 Å². The zero-order valence-electron chi connectivity index (χ0n) is 13.3. The number of amides is 3. The van der Waals surface area contributed by atoms with Crippen LogP contribution < -0.4 is 16.0 Å². The minimum Gasteiger partial charge on any atom is -0.481 e. The molecule has 1 aromatic carbocycles. The molecule has 0 heterocycles. The van der Waals surface area contributed by atoms with E-state index in [9.17, 15) is 14.4 Å². The molecular weight excluding hydrogens is 302 g/mol. The average molecular weight is 323 g/mol. The molecule has 126 valence electrons. The Bertz CT molecular complexity index is 578. The third-order valence-corrected chi connectivity index (χ3v) is 2.64. The highest BCUT2D eigenvalue weighted by Gasteiger charge is 2.17. The number of urea groups is 1. The van der Waals surface area contributed by atoms with Crippen molar-refractivity contribution in [2.24, 2.45) is 5.73 Å². The van der Waals surface area contributed by atoms with Crippen molar-refractivity contribution in [3.8, 4) is 0 Å². The zero-order valence-corrected chi connectivity index (χ0v) is 13.3. The number of carbonyl (C=O) groups is 3. The average Bonchev–Trinajstić information content (AvgIpc) is 2.37. The van der Waals surface area contributed by atoms with E-state index in [4.69, 9.17) is 15.6 Å². The summed E-state index contributed by atoms with van der Waals surface area (Å²) in [6.07, 6.45) is -0.816. The van der Waals surface area contributed by atoms with Gasteiger partial charge in [0, 0.05) is 17.9 Å². The predicted molar refractivity (Wildman–Crippen MR) is 85.5 cm³/mol. The van der Waals surface area contributed by atoms with E-state index in [-0.39, 0.29) is 13.0 Å². The van der Waals surface area contributed by atoms with Crippen molar-refractivity contribution in [2.45, 2.75) is 32.8 Å². The number of benzene rings is 1. The maximum Gasteiger partial charge on any atom is 0.412 e. The Balaban J connectivity index is 2.75. The first-order valence-electron chi connectivity index (χ1n) is 6.97. The lowest BCUT2D eigenvalue weighted by molar-refractivity contribution is -0.136. The van der Waals surface area contributed by atoms with Gasteiger partial charge in [-0.15, -0.1) is 0 Å². The van der Waals surface area contributed by atoms with Crippen LogP contribution in [0, 0.1) is 0 Å². The van der Waals surface area contributed by atoms with Gasteiger partial charge >= 0.3 is 18.1 Å². The summed E-state index contributed by atoms with van der Waals surface area (Å²) < 4.78 is 5.12. The first-order chi connectivity index (χ1) is 10.6. The molecule has 0 aliphatic heterocycles. The fourth-order valence-corrected chi connectivity index (χ4v) is 1.72. The predicted octanol–water partition coefficient (Wildman–Crippen LogP) is 2.39. The zero-order chi connectivity index (χ0) is 17.6. The second-order valence-electron chi connectivity index (χ2n) is 5.81. The van der Waals surface area contributed by atoms with E-state index in [2.05, 4.69) is 5.32 Å².